The fourth-order valence-corrected chi connectivity index (χ4v) is 3.77. The molecule has 130 valence electrons. The van der Waals surface area contributed by atoms with Gasteiger partial charge in [0.15, 0.2) is 0 Å². The van der Waals surface area contributed by atoms with Crippen LogP contribution in [0.3, 0.4) is 0 Å². The monoisotopic (exact) mass is 343 g/mol. The summed E-state index contributed by atoms with van der Waals surface area (Å²) in [4.78, 5) is 11.0. The van der Waals surface area contributed by atoms with Crippen LogP contribution < -0.4 is 0 Å². The minimum Gasteiger partial charge on any atom is -0.481 e. The first kappa shape index (κ1) is 16.4. The van der Waals surface area contributed by atoms with Gasteiger partial charge in [0.25, 0.3) is 0 Å². The van der Waals surface area contributed by atoms with Crippen LogP contribution in [0, 0.1) is 0 Å². The fraction of sp³-hybridized carbons (Fsp3) is 0.174. The van der Waals surface area contributed by atoms with Gasteiger partial charge in [0.1, 0.15) is 0 Å². The molecule has 4 aromatic rings. The van der Waals surface area contributed by atoms with Crippen LogP contribution in [0.4, 0.5) is 0 Å². The molecule has 0 bridgehead atoms. The molecule has 0 saturated carbocycles. The van der Waals surface area contributed by atoms with Gasteiger partial charge in [-0.25, -0.2) is 0 Å². The van der Waals surface area contributed by atoms with Crippen LogP contribution in [0.2, 0.25) is 0 Å². The van der Waals surface area contributed by atoms with Crippen LogP contribution >= 0.6 is 0 Å². The van der Waals surface area contributed by atoms with Crippen molar-refractivity contribution < 1.29 is 9.90 Å². The molecule has 3 nitrogen and oxygen atoms in total. The molecular weight excluding hydrogens is 322 g/mol. The van der Waals surface area contributed by atoms with Crippen molar-refractivity contribution in [1.29, 1.82) is 0 Å². The van der Waals surface area contributed by atoms with Crippen molar-refractivity contribution in [3.63, 3.8) is 0 Å². The first-order valence-electron chi connectivity index (χ1n) is 8.87. The van der Waals surface area contributed by atoms with E-state index in [2.05, 4.69) is 65.4 Å². The third kappa shape index (κ3) is 3.08. The number of rotatable bonds is 5. The van der Waals surface area contributed by atoms with Gasteiger partial charge in [0.2, 0.25) is 0 Å². The lowest BCUT2D eigenvalue weighted by Gasteiger charge is -2.07. The van der Waals surface area contributed by atoms with Crippen molar-refractivity contribution in [1.82, 2.24) is 4.57 Å². The van der Waals surface area contributed by atoms with Crippen LogP contribution in [0.5, 0.6) is 0 Å². The lowest BCUT2D eigenvalue weighted by molar-refractivity contribution is -0.136. The summed E-state index contributed by atoms with van der Waals surface area (Å²) >= 11 is 0. The van der Waals surface area contributed by atoms with Gasteiger partial charge in [0, 0.05) is 30.6 Å². The number of carbonyl (C=O) groups is 1. The molecule has 4 rings (SSSR count). The Hall–Kier alpha value is -3.07. The summed E-state index contributed by atoms with van der Waals surface area (Å²) in [5.74, 6) is -0.756. The number of aliphatic carboxylic acids is 1. The molecule has 0 fully saturated rings. The Morgan fingerprint density at radius 3 is 2.58 bits per heavy atom. The van der Waals surface area contributed by atoms with E-state index in [-0.39, 0.29) is 6.42 Å². The lowest BCUT2D eigenvalue weighted by atomic mass is 9.97. The molecule has 0 atom stereocenters. The summed E-state index contributed by atoms with van der Waals surface area (Å²) in [6.07, 6.45) is 3.72. The normalized spacial score (nSPS) is 11.3. The van der Waals surface area contributed by atoms with E-state index >= 15 is 0 Å². The Balaban J connectivity index is 1.76. The molecular formula is C23H21NO2. The summed E-state index contributed by atoms with van der Waals surface area (Å²) < 4.78 is 2.13. The summed E-state index contributed by atoms with van der Waals surface area (Å²) in [6, 6.07) is 21.1. The summed E-state index contributed by atoms with van der Waals surface area (Å²) in [7, 11) is 2.05. The van der Waals surface area contributed by atoms with Gasteiger partial charge < -0.3 is 9.67 Å². The summed E-state index contributed by atoms with van der Waals surface area (Å²) in [5, 5.41) is 12.7. The van der Waals surface area contributed by atoms with Crippen LogP contribution in [0.15, 0.2) is 66.9 Å². The van der Waals surface area contributed by atoms with Gasteiger partial charge in [-0.3, -0.25) is 4.79 Å². The Bertz CT molecular complexity index is 1110. The Morgan fingerprint density at radius 2 is 1.77 bits per heavy atom. The standard InChI is InChI=1S/C23H21NO2/c1-24-15-20(14-16-9-10-17-5-2-3-6-19(17)13-16)23-18(11-12-22(25)26)7-4-8-21(23)24/h2-10,13,15H,11-12,14H2,1H3,(H,25,26). The highest BCUT2D eigenvalue weighted by molar-refractivity contribution is 5.88. The molecule has 1 aromatic heterocycles. The van der Waals surface area contributed by atoms with Gasteiger partial charge in [-0.2, -0.15) is 0 Å². The van der Waals surface area contributed by atoms with E-state index in [0.717, 1.165) is 17.5 Å². The molecule has 26 heavy (non-hydrogen) atoms. The molecule has 0 unspecified atom stereocenters. The summed E-state index contributed by atoms with van der Waals surface area (Å²) in [5.41, 5.74) is 4.79. The zero-order valence-electron chi connectivity index (χ0n) is 14.8. The number of benzene rings is 3. The highest BCUT2D eigenvalue weighted by atomic mass is 16.4. The van der Waals surface area contributed by atoms with Crippen molar-refractivity contribution in [3.05, 3.63) is 83.6 Å². The van der Waals surface area contributed by atoms with Crippen molar-refractivity contribution >= 4 is 27.6 Å². The van der Waals surface area contributed by atoms with Gasteiger partial charge in [-0.05, 0) is 46.4 Å². The molecule has 1 heterocycles. The van der Waals surface area contributed by atoms with Crippen LogP contribution in [-0.4, -0.2) is 15.6 Å². The topological polar surface area (TPSA) is 42.2 Å². The third-order valence-corrected chi connectivity index (χ3v) is 5.00. The summed E-state index contributed by atoms with van der Waals surface area (Å²) in [6.45, 7) is 0. The van der Waals surface area contributed by atoms with Crippen LogP contribution in [-0.2, 0) is 24.7 Å². The van der Waals surface area contributed by atoms with E-state index < -0.39 is 5.97 Å². The quantitative estimate of drug-likeness (QED) is 0.558. The number of nitrogens with zero attached hydrogens (tertiary/aromatic N) is 1. The Kier molecular flexibility index (Phi) is 4.21. The molecule has 0 radical (unpaired) electrons. The number of aromatic nitrogens is 1. The average molecular weight is 343 g/mol. The minimum atomic E-state index is -0.756. The Morgan fingerprint density at radius 1 is 0.962 bits per heavy atom. The van der Waals surface area contributed by atoms with Gasteiger partial charge in [0.05, 0.1) is 0 Å². The second-order valence-electron chi connectivity index (χ2n) is 6.83. The first-order chi connectivity index (χ1) is 12.6. The SMILES string of the molecule is Cn1cc(Cc2ccc3ccccc3c2)c2c(CCC(=O)O)cccc21. The third-order valence-electron chi connectivity index (χ3n) is 5.00. The number of carboxylic acid groups (broad SMARTS) is 1. The zero-order valence-corrected chi connectivity index (χ0v) is 14.8. The van der Waals surface area contributed by atoms with E-state index in [9.17, 15) is 4.79 Å². The minimum absolute atomic E-state index is 0.156. The largest absolute Gasteiger partial charge is 0.481 e. The van der Waals surface area contributed by atoms with Crippen molar-refractivity contribution in [2.24, 2.45) is 7.05 Å². The molecule has 0 amide bonds. The molecule has 3 heteroatoms. The first-order valence-corrected chi connectivity index (χ1v) is 8.87. The Labute approximate surface area is 152 Å². The highest BCUT2D eigenvalue weighted by Gasteiger charge is 2.12. The number of hydrogen-bond acceptors (Lipinski definition) is 1. The number of hydrogen-bond donors (Lipinski definition) is 1. The van der Waals surface area contributed by atoms with Crippen molar-refractivity contribution in [2.45, 2.75) is 19.3 Å². The number of aryl methyl sites for hydroxylation is 2. The lowest BCUT2D eigenvalue weighted by Crippen LogP contribution is -1.98. The molecule has 3 aromatic carbocycles. The highest BCUT2D eigenvalue weighted by Crippen LogP contribution is 2.28. The predicted octanol–water partition coefficient (Wildman–Crippen LogP) is 4.94. The van der Waals surface area contributed by atoms with E-state index in [1.54, 1.807) is 0 Å². The zero-order chi connectivity index (χ0) is 18.1. The smallest absolute Gasteiger partial charge is 0.303 e. The number of fused-ring (bicyclic) bond motifs is 2. The predicted molar refractivity (Wildman–Crippen MR) is 106 cm³/mol. The molecule has 0 aliphatic rings. The molecule has 0 spiro atoms. The van der Waals surface area contributed by atoms with Crippen molar-refractivity contribution in [2.75, 3.05) is 0 Å². The molecule has 1 N–H and O–H groups in total. The maximum Gasteiger partial charge on any atom is 0.303 e. The molecule has 0 aliphatic carbocycles. The van der Waals surface area contributed by atoms with E-state index in [1.807, 2.05) is 13.1 Å². The van der Waals surface area contributed by atoms with Crippen LogP contribution in [0.1, 0.15) is 23.1 Å². The molecule has 0 saturated heterocycles. The second kappa shape index (κ2) is 6.68. The van der Waals surface area contributed by atoms with E-state index in [4.69, 9.17) is 5.11 Å². The van der Waals surface area contributed by atoms with Gasteiger partial charge in [-0.15, -0.1) is 0 Å². The maximum atomic E-state index is 11.0. The van der Waals surface area contributed by atoms with Gasteiger partial charge >= 0.3 is 5.97 Å². The number of carboxylic acids is 1. The van der Waals surface area contributed by atoms with Crippen molar-refractivity contribution in [3.8, 4) is 0 Å². The maximum absolute atomic E-state index is 11.0. The van der Waals surface area contributed by atoms with Crippen LogP contribution in [0.25, 0.3) is 21.7 Å². The van der Waals surface area contributed by atoms with Gasteiger partial charge in [-0.1, -0.05) is 54.6 Å². The van der Waals surface area contributed by atoms with E-state index in [0.29, 0.717) is 6.42 Å². The second-order valence-corrected chi connectivity index (χ2v) is 6.83. The van der Waals surface area contributed by atoms with E-state index in [1.165, 1.54) is 27.3 Å². The average Bonchev–Trinajstić information content (AvgIpc) is 2.96. The molecule has 0 aliphatic heterocycles. The fourth-order valence-electron chi connectivity index (χ4n) is 3.77.